The summed E-state index contributed by atoms with van der Waals surface area (Å²) in [6, 6.07) is 12.5. The van der Waals surface area contributed by atoms with Crippen LogP contribution in [-0.4, -0.2) is 53.9 Å². The van der Waals surface area contributed by atoms with E-state index < -0.39 is 0 Å². The summed E-state index contributed by atoms with van der Waals surface area (Å²) >= 11 is 0. The number of urea groups is 1. The van der Waals surface area contributed by atoms with E-state index in [1.165, 1.54) is 5.56 Å². The van der Waals surface area contributed by atoms with Crippen LogP contribution >= 0.6 is 0 Å². The fourth-order valence-electron chi connectivity index (χ4n) is 3.91. The van der Waals surface area contributed by atoms with Crippen molar-refractivity contribution in [2.45, 2.75) is 40.2 Å². The first-order valence-electron chi connectivity index (χ1n) is 10.7. The topological polar surface area (TPSA) is 57.2 Å². The molecule has 0 spiro atoms. The van der Waals surface area contributed by atoms with Crippen molar-refractivity contribution >= 4 is 17.6 Å². The SMILES string of the molecule is Cc1ccc2c(c1)Oc1ccc(C)cc1C(N1CCCN(C(=O)NC(C)C)CC1)=N2. The predicted molar refractivity (Wildman–Crippen MR) is 120 cm³/mol. The minimum absolute atomic E-state index is 0.00931. The Morgan fingerprint density at radius 3 is 2.57 bits per heavy atom. The molecule has 30 heavy (non-hydrogen) atoms. The molecule has 1 N–H and O–H groups in total. The molecule has 0 aliphatic carbocycles. The molecule has 2 aromatic carbocycles. The van der Waals surface area contributed by atoms with Gasteiger partial charge in [-0.2, -0.15) is 0 Å². The number of nitrogens with zero attached hydrogens (tertiary/aromatic N) is 3. The van der Waals surface area contributed by atoms with Crippen molar-refractivity contribution in [3.63, 3.8) is 0 Å². The van der Waals surface area contributed by atoms with Gasteiger partial charge in [-0.05, 0) is 63.9 Å². The van der Waals surface area contributed by atoms with Gasteiger partial charge in [0.15, 0.2) is 5.75 Å². The predicted octanol–water partition coefficient (Wildman–Crippen LogP) is 4.61. The number of ether oxygens (including phenoxy) is 1. The normalized spacial score (nSPS) is 16.1. The number of hydrogen-bond donors (Lipinski definition) is 1. The number of amides is 2. The third kappa shape index (κ3) is 4.27. The van der Waals surface area contributed by atoms with E-state index in [0.717, 1.165) is 60.2 Å². The molecular weight excluding hydrogens is 376 g/mol. The van der Waals surface area contributed by atoms with E-state index in [1.807, 2.05) is 36.9 Å². The van der Waals surface area contributed by atoms with Crippen LogP contribution in [0.5, 0.6) is 11.5 Å². The second kappa shape index (κ2) is 8.38. The average Bonchev–Trinajstić information content (AvgIpc) is 3.02. The van der Waals surface area contributed by atoms with Gasteiger partial charge in [-0.3, -0.25) is 0 Å². The second-order valence-corrected chi connectivity index (χ2v) is 8.44. The smallest absolute Gasteiger partial charge is 0.317 e. The Labute approximate surface area is 178 Å². The zero-order chi connectivity index (χ0) is 21.3. The Morgan fingerprint density at radius 1 is 1.00 bits per heavy atom. The van der Waals surface area contributed by atoms with Crippen molar-refractivity contribution in [2.75, 3.05) is 26.2 Å². The van der Waals surface area contributed by atoms with Gasteiger partial charge in [-0.15, -0.1) is 0 Å². The summed E-state index contributed by atoms with van der Waals surface area (Å²) in [5.74, 6) is 2.52. The molecule has 0 radical (unpaired) electrons. The van der Waals surface area contributed by atoms with Gasteiger partial charge in [0, 0.05) is 32.2 Å². The lowest BCUT2D eigenvalue weighted by Crippen LogP contribution is -2.44. The standard InChI is InChI=1S/C24H30N4O2/c1-16(2)25-24(29)28-11-5-10-27(12-13-28)23-19-14-17(3)7-9-21(19)30-22-15-18(4)6-8-20(22)26-23/h6-9,14-16H,5,10-13H2,1-4H3,(H,25,29). The van der Waals surface area contributed by atoms with Gasteiger partial charge in [0.05, 0.1) is 5.56 Å². The third-order valence-corrected chi connectivity index (χ3v) is 5.43. The van der Waals surface area contributed by atoms with E-state index >= 15 is 0 Å². The quantitative estimate of drug-likeness (QED) is 0.752. The molecule has 2 aliphatic heterocycles. The summed E-state index contributed by atoms with van der Waals surface area (Å²) in [6.07, 6.45) is 0.896. The van der Waals surface area contributed by atoms with Crippen LogP contribution in [0.3, 0.4) is 0 Å². The summed E-state index contributed by atoms with van der Waals surface area (Å²) in [7, 11) is 0. The first kappa shape index (κ1) is 20.3. The van der Waals surface area contributed by atoms with Gasteiger partial charge in [-0.1, -0.05) is 17.7 Å². The monoisotopic (exact) mass is 406 g/mol. The van der Waals surface area contributed by atoms with Crippen LogP contribution in [-0.2, 0) is 0 Å². The summed E-state index contributed by atoms with van der Waals surface area (Å²) in [5, 5.41) is 3.00. The Hall–Kier alpha value is -3.02. The Balaban J connectivity index is 1.67. The lowest BCUT2D eigenvalue weighted by molar-refractivity contribution is 0.198. The van der Waals surface area contributed by atoms with Crippen molar-refractivity contribution < 1.29 is 9.53 Å². The number of rotatable bonds is 1. The molecule has 0 saturated carbocycles. The molecule has 4 rings (SSSR count). The molecule has 1 fully saturated rings. The fraction of sp³-hybridized carbons (Fsp3) is 0.417. The Morgan fingerprint density at radius 2 is 1.77 bits per heavy atom. The lowest BCUT2D eigenvalue weighted by atomic mass is 10.1. The maximum Gasteiger partial charge on any atom is 0.317 e. The summed E-state index contributed by atoms with van der Waals surface area (Å²) in [6.45, 7) is 11.1. The average molecular weight is 407 g/mol. The molecule has 6 heteroatoms. The summed E-state index contributed by atoms with van der Waals surface area (Å²) in [5.41, 5.74) is 4.15. The highest BCUT2D eigenvalue weighted by Crippen LogP contribution is 2.39. The fourth-order valence-corrected chi connectivity index (χ4v) is 3.91. The molecule has 2 aromatic rings. The van der Waals surface area contributed by atoms with Gasteiger partial charge in [0.25, 0.3) is 0 Å². The number of aryl methyl sites for hydroxylation is 2. The van der Waals surface area contributed by atoms with Crippen LogP contribution in [0.1, 0.15) is 37.0 Å². The van der Waals surface area contributed by atoms with Crippen molar-refractivity contribution in [3.8, 4) is 11.5 Å². The third-order valence-electron chi connectivity index (χ3n) is 5.43. The number of amidine groups is 1. The van der Waals surface area contributed by atoms with Gasteiger partial charge < -0.3 is 19.9 Å². The van der Waals surface area contributed by atoms with E-state index in [4.69, 9.17) is 9.73 Å². The molecular formula is C24H30N4O2. The zero-order valence-corrected chi connectivity index (χ0v) is 18.2. The molecule has 0 atom stereocenters. The van der Waals surface area contributed by atoms with Crippen LogP contribution in [0.2, 0.25) is 0 Å². The number of nitrogens with one attached hydrogen (secondary N) is 1. The van der Waals surface area contributed by atoms with Crippen molar-refractivity contribution in [3.05, 3.63) is 53.1 Å². The number of hydrogen-bond acceptors (Lipinski definition) is 4. The first-order valence-corrected chi connectivity index (χ1v) is 10.7. The molecule has 6 nitrogen and oxygen atoms in total. The van der Waals surface area contributed by atoms with E-state index in [1.54, 1.807) is 0 Å². The van der Waals surface area contributed by atoms with Crippen molar-refractivity contribution in [1.82, 2.24) is 15.1 Å². The molecule has 0 aromatic heterocycles. The number of fused-ring (bicyclic) bond motifs is 2. The number of benzene rings is 2. The Bertz CT molecular complexity index is 983. The minimum Gasteiger partial charge on any atom is -0.454 e. The van der Waals surface area contributed by atoms with Gasteiger partial charge in [0.2, 0.25) is 0 Å². The van der Waals surface area contributed by atoms with Crippen LogP contribution < -0.4 is 10.1 Å². The molecule has 2 aliphatic rings. The van der Waals surface area contributed by atoms with Crippen LogP contribution in [0.15, 0.2) is 41.4 Å². The number of carbonyl (C=O) groups excluding carboxylic acids is 1. The van der Waals surface area contributed by atoms with E-state index in [0.29, 0.717) is 6.54 Å². The minimum atomic E-state index is 0.00931. The number of carbonyl (C=O) groups is 1. The lowest BCUT2D eigenvalue weighted by Gasteiger charge is -2.26. The molecule has 2 amide bonds. The maximum absolute atomic E-state index is 12.5. The van der Waals surface area contributed by atoms with E-state index in [2.05, 4.69) is 42.3 Å². The largest absolute Gasteiger partial charge is 0.454 e. The van der Waals surface area contributed by atoms with Gasteiger partial charge >= 0.3 is 6.03 Å². The highest BCUT2D eigenvalue weighted by Gasteiger charge is 2.26. The molecule has 2 heterocycles. The van der Waals surface area contributed by atoms with Crippen molar-refractivity contribution in [2.24, 2.45) is 4.99 Å². The molecule has 0 unspecified atom stereocenters. The molecule has 1 saturated heterocycles. The number of aliphatic imine (C=N–C) groups is 1. The van der Waals surface area contributed by atoms with Gasteiger partial charge in [0.1, 0.15) is 17.3 Å². The summed E-state index contributed by atoms with van der Waals surface area (Å²) < 4.78 is 6.28. The van der Waals surface area contributed by atoms with Crippen LogP contribution in [0.4, 0.5) is 10.5 Å². The zero-order valence-electron chi connectivity index (χ0n) is 18.2. The van der Waals surface area contributed by atoms with Crippen molar-refractivity contribution in [1.29, 1.82) is 0 Å². The second-order valence-electron chi connectivity index (χ2n) is 8.44. The van der Waals surface area contributed by atoms with E-state index in [9.17, 15) is 4.79 Å². The molecule has 158 valence electrons. The van der Waals surface area contributed by atoms with Crippen LogP contribution in [0.25, 0.3) is 0 Å². The maximum atomic E-state index is 12.5. The highest BCUT2D eigenvalue weighted by atomic mass is 16.5. The summed E-state index contributed by atoms with van der Waals surface area (Å²) in [4.78, 5) is 21.7. The highest BCUT2D eigenvalue weighted by molar-refractivity contribution is 6.04. The first-order chi connectivity index (χ1) is 14.4. The van der Waals surface area contributed by atoms with E-state index in [-0.39, 0.29) is 12.1 Å². The Kier molecular flexibility index (Phi) is 5.66. The van der Waals surface area contributed by atoms with Gasteiger partial charge in [-0.25, -0.2) is 9.79 Å². The molecule has 0 bridgehead atoms. The van der Waals surface area contributed by atoms with Crippen LogP contribution in [0, 0.1) is 13.8 Å².